The molecule has 2 aromatic rings. The van der Waals surface area contributed by atoms with E-state index < -0.39 is 6.61 Å². The first-order chi connectivity index (χ1) is 12.1. The Kier molecular flexibility index (Phi) is 4.41. The van der Waals surface area contributed by atoms with Gasteiger partial charge in [-0.3, -0.25) is 4.79 Å². The summed E-state index contributed by atoms with van der Waals surface area (Å²) in [6.45, 7) is -1.92. The zero-order valence-corrected chi connectivity index (χ0v) is 14.2. The van der Waals surface area contributed by atoms with Gasteiger partial charge >= 0.3 is 6.61 Å². The minimum Gasteiger partial charge on any atom is -0.433 e. The van der Waals surface area contributed by atoms with Crippen LogP contribution in [0.1, 0.15) is 58.9 Å². The van der Waals surface area contributed by atoms with Gasteiger partial charge in [-0.25, -0.2) is 0 Å². The van der Waals surface area contributed by atoms with E-state index in [9.17, 15) is 13.6 Å². The Hall–Kier alpha value is -2.03. The van der Waals surface area contributed by atoms with Crippen molar-refractivity contribution in [2.75, 3.05) is 13.1 Å². The maximum absolute atomic E-state index is 12.7. The van der Waals surface area contributed by atoms with E-state index in [0.29, 0.717) is 30.7 Å². The highest BCUT2D eigenvalue weighted by atomic mass is 32.1. The van der Waals surface area contributed by atoms with Gasteiger partial charge in [-0.2, -0.15) is 13.8 Å². The van der Waals surface area contributed by atoms with Crippen molar-refractivity contribution in [2.24, 2.45) is 0 Å². The van der Waals surface area contributed by atoms with Crippen molar-refractivity contribution >= 4 is 17.2 Å². The largest absolute Gasteiger partial charge is 0.433 e. The van der Waals surface area contributed by atoms with Gasteiger partial charge in [0, 0.05) is 24.9 Å². The fraction of sp³-hybridized carbons (Fsp3) is 0.562. The highest BCUT2D eigenvalue weighted by Crippen LogP contribution is 2.40. The quantitative estimate of drug-likeness (QED) is 0.805. The molecular weight excluding hydrogens is 352 g/mol. The molecule has 134 valence electrons. The van der Waals surface area contributed by atoms with Crippen molar-refractivity contribution in [2.45, 2.75) is 44.1 Å². The second kappa shape index (κ2) is 6.70. The van der Waals surface area contributed by atoms with E-state index in [-0.39, 0.29) is 22.5 Å². The van der Waals surface area contributed by atoms with E-state index in [0.717, 1.165) is 37.0 Å². The van der Waals surface area contributed by atoms with Crippen LogP contribution in [0.25, 0.3) is 0 Å². The molecule has 2 fully saturated rings. The third kappa shape index (κ3) is 3.51. The zero-order chi connectivity index (χ0) is 17.4. The second-order valence-corrected chi connectivity index (χ2v) is 7.26. The lowest BCUT2D eigenvalue weighted by atomic mass is 9.97. The summed E-state index contributed by atoms with van der Waals surface area (Å²) < 4.78 is 34.7. The van der Waals surface area contributed by atoms with Gasteiger partial charge in [-0.05, 0) is 37.1 Å². The van der Waals surface area contributed by atoms with Crippen LogP contribution in [0.3, 0.4) is 0 Å². The van der Waals surface area contributed by atoms with Gasteiger partial charge in [-0.1, -0.05) is 5.16 Å². The van der Waals surface area contributed by atoms with Gasteiger partial charge < -0.3 is 14.2 Å². The van der Waals surface area contributed by atoms with Crippen molar-refractivity contribution < 1.29 is 22.8 Å². The Labute approximate surface area is 146 Å². The van der Waals surface area contributed by atoms with Gasteiger partial charge in [0.25, 0.3) is 5.91 Å². The molecule has 1 amide bonds. The summed E-state index contributed by atoms with van der Waals surface area (Å²) in [5, 5.41) is 5.65. The van der Waals surface area contributed by atoms with E-state index in [1.807, 2.05) is 0 Å². The third-order valence-corrected chi connectivity index (χ3v) is 5.38. The molecule has 0 spiro atoms. The molecule has 4 rings (SSSR count). The summed E-state index contributed by atoms with van der Waals surface area (Å²) in [7, 11) is 0. The lowest BCUT2D eigenvalue weighted by Gasteiger charge is -2.31. The number of carbonyl (C=O) groups excluding carboxylic acids is 1. The SMILES string of the molecule is O=C(c1sccc1OC(F)F)N1CCC[C@H](c2noc(C3CC3)n2)C1. The Morgan fingerprint density at radius 2 is 2.20 bits per heavy atom. The van der Waals surface area contributed by atoms with Crippen LogP contribution in [-0.4, -0.2) is 40.6 Å². The number of carbonyl (C=O) groups is 1. The van der Waals surface area contributed by atoms with Crippen molar-refractivity contribution in [1.82, 2.24) is 15.0 Å². The van der Waals surface area contributed by atoms with Gasteiger partial charge in [0.2, 0.25) is 5.89 Å². The molecule has 1 aliphatic carbocycles. The van der Waals surface area contributed by atoms with E-state index in [4.69, 9.17) is 4.52 Å². The van der Waals surface area contributed by atoms with Gasteiger partial charge in [-0.15, -0.1) is 11.3 Å². The molecule has 0 radical (unpaired) electrons. The number of amides is 1. The Morgan fingerprint density at radius 3 is 2.96 bits per heavy atom. The lowest BCUT2D eigenvalue weighted by Crippen LogP contribution is -2.39. The fourth-order valence-corrected chi connectivity index (χ4v) is 3.86. The summed E-state index contributed by atoms with van der Waals surface area (Å²) in [6.07, 6.45) is 3.85. The second-order valence-electron chi connectivity index (χ2n) is 6.35. The average Bonchev–Trinajstić information content (AvgIpc) is 3.16. The molecule has 1 saturated carbocycles. The molecule has 1 saturated heterocycles. The zero-order valence-electron chi connectivity index (χ0n) is 13.4. The number of nitrogens with zero attached hydrogens (tertiary/aromatic N) is 3. The molecule has 6 nitrogen and oxygen atoms in total. The van der Waals surface area contributed by atoms with Crippen molar-refractivity contribution in [1.29, 1.82) is 0 Å². The first kappa shape index (κ1) is 16.4. The fourth-order valence-electron chi connectivity index (χ4n) is 3.07. The molecule has 25 heavy (non-hydrogen) atoms. The average molecular weight is 369 g/mol. The molecule has 2 aromatic heterocycles. The standard InChI is InChI=1S/C16H17F2N3O3S/c17-16(18)23-11-5-7-25-12(11)15(22)21-6-1-2-10(8-21)13-19-14(24-20-13)9-3-4-9/h5,7,9-10,16H,1-4,6,8H2/t10-/m0/s1. The minimum atomic E-state index is -2.95. The first-order valence-corrected chi connectivity index (χ1v) is 9.15. The normalized spacial score (nSPS) is 20.9. The summed E-state index contributed by atoms with van der Waals surface area (Å²) in [5.74, 6) is 1.36. The predicted molar refractivity (Wildman–Crippen MR) is 85.1 cm³/mol. The smallest absolute Gasteiger partial charge is 0.387 e. The molecule has 1 atom stereocenters. The minimum absolute atomic E-state index is 0.00776. The molecule has 0 N–H and O–H groups in total. The number of likely N-dealkylation sites (tertiary alicyclic amines) is 1. The van der Waals surface area contributed by atoms with E-state index in [2.05, 4.69) is 14.9 Å². The van der Waals surface area contributed by atoms with Crippen molar-refractivity contribution in [3.05, 3.63) is 28.0 Å². The topological polar surface area (TPSA) is 68.5 Å². The molecule has 1 aliphatic heterocycles. The van der Waals surface area contributed by atoms with Gasteiger partial charge in [0.15, 0.2) is 5.82 Å². The monoisotopic (exact) mass is 369 g/mol. The van der Waals surface area contributed by atoms with Crippen molar-refractivity contribution in [3.63, 3.8) is 0 Å². The first-order valence-electron chi connectivity index (χ1n) is 8.27. The highest BCUT2D eigenvalue weighted by molar-refractivity contribution is 7.12. The molecule has 2 aliphatic rings. The maximum Gasteiger partial charge on any atom is 0.387 e. The highest BCUT2D eigenvalue weighted by Gasteiger charge is 2.33. The Bertz CT molecular complexity index is 759. The van der Waals surface area contributed by atoms with E-state index in [1.165, 1.54) is 6.07 Å². The predicted octanol–water partition coefficient (Wildman–Crippen LogP) is 3.63. The number of ether oxygens (including phenoxy) is 1. The van der Waals surface area contributed by atoms with Crippen LogP contribution in [0.15, 0.2) is 16.0 Å². The van der Waals surface area contributed by atoms with Gasteiger partial charge in [0.1, 0.15) is 10.6 Å². The Morgan fingerprint density at radius 1 is 1.36 bits per heavy atom. The van der Waals surface area contributed by atoms with Crippen LogP contribution in [0.4, 0.5) is 8.78 Å². The molecule has 0 bridgehead atoms. The van der Waals surface area contributed by atoms with Crippen LogP contribution in [-0.2, 0) is 0 Å². The summed E-state index contributed by atoms with van der Waals surface area (Å²) in [4.78, 5) is 19.0. The van der Waals surface area contributed by atoms with Crippen LogP contribution < -0.4 is 4.74 Å². The Balaban J connectivity index is 1.46. The number of halogens is 2. The van der Waals surface area contributed by atoms with Crippen LogP contribution >= 0.6 is 11.3 Å². The number of hydrogen-bond donors (Lipinski definition) is 0. The number of piperidine rings is 1. The molecule has 9 heteroatoms. The van der Waals surface area contributed by atoms with Crippen LogP contribution in [0.5, 0.6) is 5.75 Å². The molecule has 0 aromatic carbocycles. The van der Waals surface area contributed by atoms with Crippen molar-refractivity contribution in [3.8, 4) is 5.75 Å². The molecule has 3 heterocycles. The van der Waals surface area contributed by atoms with Crippen LogP contribution in [0.2, 0.25) is 0 Å². The number of rotatable bonds is 5. The van der Waals surface area contributed by atoms with Crippen LogP contribution in [0, 0.1) is 0 Å². The summed E-state index contributed by atoms with van der Waals surface area (Å²) in [6, 6.07) is 1.40. The summed E-state index contributed by atoms with van der Waals surface area (Å²) in [5.41, 5.74) is 0. The van der Waals surface area contributed by atoms with E-state index >= 15 is 0 Å². The lowest BCUT2D eigenvalue weighted by molar-refractivity contribution is -0.0499. The number of aromatic nitrogens is 2. The summed E-state index contributed by atoms with van der Waals surface area (Å²) >= 11 is 1.11. The molecule has 0 unspecified atom stereocenters. The number of hydrogen-bond acceptors (Lipinski definition) is 6. The third-order valence-electron chi connectivity index (χ3n) is 4.50. The number of alkyl halides is 2. The van der Waals surface area contributed by atoms with E-state index in [1.54, 1.807) is 10.3 Å². The molecular formula is C16H17F2N3O3S. The maximum atomic E-state index is 12.7. The van der Waals surface area contributed by atoms with Gasteiger partial charge in [0.05, 0.1) is 0 Å². The number of thiophene rings is 1.